The summed E-state index contributed by atoms with van der Waals surface area (Å²) in [6.45, 7) is 6.63. The molecule has 1 aromatic carbocycles. The lowest BCUT2D eigenvalue weighted by molar-refractivity contribution is 0.717. The van der Waals surface area contributed by atoms with E-state index in [2.05, 4.69) is 57.2 Å². The van der Waals surface area contributed by atoms with Gasteiger partial charge in [-0.1, -0.05) is 50.3 Å². The zero-order chi connectivity index (χ0) is 9.68. The highest BCUT2D eigenvalue weighted by atomic mass is 14.1. The molecule has 70 valence electrons. The fraction of sp³-hybridized carbons (Fsp3) is 0.385. The standard InChI is InChI=1S/C13H18/c1-4-11(3)13(5-2)12-9-7-6-8-10-12/h5-11H,4H2,1-3H3/b13-5+. The van der Waals surface area contributed by atoms with Crippen LogP contribution in [-0.4, -0.2) is 0 Å². The van der Waals surface area contributed by atoms with E-state index in [4.69, 9.17) is 0 Å². The molecular formula is C13H18. The number of rotatable bonds is 3. The molecule has 0 radical (unpaired) electrons. The van der Waals surface area contributed by atoms with Crippen LogP contribution in [0.4, 0.5) is 0 Å². The van der Waals surface area contributed by atoms with Gasteiger partial charge in [-0.2, -0.15) is 0 Å². The number of benzene rings is 1. The van der Waals surface area contributed by atoms with Crippen molar-refractivity contribution < 1.29 is 0 Å². The summed E-state index contributed by atoms with van der Waals surface area (Å²) in [6.07, 6.45) is 3.43. The van der Waals surface area contributed by atoms with E-state index < -0.39 is 0 Å². The van der Waals surface area contributed by atoms with Gasteiger partial charge < -0.3 is 0 Å². The summed E-state index contributed by atoms with van der Waals surface area (Å²) in [5, 5.41) is 0. The fourth-order valence-electron chi connectivity index (χ4n) is 1.59. The normalized spacial score (nSPS) is 14.2. The predicted octanol–water partition coefficient (Wildman–Crippen LogP) is 4.14. The molecule has 13 heavy (non-hydrogen) atoms. The molecule has 0 aliphatic rings. The second-order valence-electron chi connectivity index (χ2n) is 3.42. The van der Waals surface area contributed by atoms with E-state index in [9.17, 15) is 0 Å². The van der Waals surface area contributed by atoms with E-state index in [0.29, 0.717) is 5.92 Å². The molecule has 0 saturated heterocycles. The molecule has 0 fully saturated rings. The van der Waals surface area contributed by atoms with E-state index in [1.807, 2.05) is 0 Å². The highest BCUT2D eigenvalue weighted by molar-refractivity contribution is 5.66. The molecule has 0 N–H and O–H groups in total. The van der Waals surface area contributed by atoms with Crippen LogP contribution in [0.1, 0.15) is 32.8 Å². The predicted molar refractivity (Wildman–Crippen MR) is 59.5 cm³/mol. The molecule has 0 spiro atoms. The molecule has 1 rings (SSSR count). The second kappa shape index (κ2) is 4.86. The van der Waals surface area contributed by atoms with Gasteiger partial charge in [-0.05, 0) is 30.4 Å². The third kappa shape index (κ3) is 2.45. The molecule has 0 aliphatic carbocycles. The average molecular weight is 174 g/mol. The molecule has 1 atom stereocenters. The van der Waals surface area contributed by atoms with E-state index >= 15 is 0 Å². The Morgan fingerprint density at radius 2 is 1.92 bits per heavy atom. The summed E-state index contributed by atoms with van der Waals surface area (Å²) in [5.41, 5.74) is 2.82. The van der Waals surface area contributed by atoms with Gasteiger partial charge in [0, 0.05) is 0 Å². The topological polar surface area (TPSA) is 0 Å². The summed E-state index contributed by atoms with van der Waals surface area (Å²) in [6, 6.07) is 10.6. The van der Waals surface area contributed by atoms with Crippen LogP contribution in [0.15, 0.2) is 36.4 Å². The highest BCUT2D eigenvalue weighted by Gasteiger charge is 2.06. The molecular weight excluding hydrogens is 156 g/mol. The SMILES string of the molecule is C/C=C(/c1ccccc1)C(C)CC. The van der Waals surface area contributed by atoms with Gasteiger partial charge in [-0.3, -0.25) is 0 Å². The molecule has 0 aliphatic heterocycles. The van der Waals surface area contributed by atoms with Crippen molar-refractivity contribution >= 4 is 5.57 Å². The lowest BCUT2D eigenvalue weighted by atomic mass is 9.92. The molecule has 0 nitrogen and oxygen atoms in total. The van der Waals surface area contributed by atoms with Crippen molar-refractivity contribution in [2.45, 2.75) is 27.2 Å². The molecule has 0 saturated carbocycles. The maximum atomic E-state index is 2.28. The summed E-state index contributed by atoms with van der Waals surface area (Å²) < 4.78 is 0. The lowest BCUT2D eigenvalue weighted by Gasteiger charge is -2.13. The van der Waals surface area contributed by atoms with Crippen LogP contribution in [0, 0.1) is 5.92 Å². The minimum Gasteiger partial charge on any atom is -0.0836 e. The quantitative estimate of drug-likeness (QED) is 0.646. The Hall–Kier alpha value is -1.04. The van der Waals surface area contributed by atoms with Crippen LogP contribution in [-0.2, 0) is 0 Å². The van der Waals surface area contributed by atoms with E-state index in [1.165, 1.54) is 17.6 Å². The van der Waals surface area contributed by atoms with E-state index in [1.54, 1.807) is 0 Å². The minimum atomic E-state index is 0.660. The Morgan fingerprint density at radius 3 is 2.38 bits per heavy atom. The van der Waals surface area contributed by atoms with Crippen molar-refractivity contribution in [3.63, 3.8) is 0 Å². The molecule has 0 bridgehead atoms. The molecule has 1 unspecified atom stereocenters. The van der Waals surface area contributed by atoms with E-state index in [-0.39, 0.29) is 0 Å². The highest BCUT2D eigenvalue weighted by Crippen LogP contribution is 2.24. The maximum absolute atomic E-state index is 2.28. The smallest absolute Gasteiger partial charge is 0.0190 e. The Morgan fingerprint density at radius 1 is 1.31 bits per heavy atom. The second-order valence-corrected chi connectivity index (χ2v) is 3.42. The first kappa shape index (κ1) is 10.0. The van der Waals surface area contributed by atoms with Crippen molar-refractivity contribution in [1.82, 2.24) is 0 Å². The molecule has 0 heteroatoms. The minimum absolute atomic E-state index is 0.660. The number of allylic oxidation sites excluding steroid dienone is 2. The first-order chi connectivity index (χ1) is 6.29. The first-order valence-electron chi connectivity index (χ1n) is 5.01. The zero-order valence-electron chi connectivity index (χ0n) is 8.75. The van der Waals surface area contributed by atoms with E-state index in [0.717, 1.165) is 0 Å². The zero-order valence-corrected chi connectivity index (χ0v) is 8.75. The third-order valence-corrected chi connectivity index (χ3v) is 2.56. The van der Waals surface area contributed by atoms with Gasteiger partial charge in [-0.25, -0.2) is 0 Å². The Kier molecular flexibility index (Phi) is 3.75. The molecule has 0 heterocycles. The van der Waals surface area contributed by atoms with Gasteiger partial charge in [0.25, 0.3) is 0 Å². The maximum Gasteiger partial charge on any atom is -0.0190 e. The Balaban J connectivity index is 2.93. The van der Waals surface area contributed by atoms with Crippen LogP contribution < -0.4 is 0 Å². The summed E-state index contributed by atoms with van der Waals surface area (Å²) in [5.74, 6) is 0.660. The van der Waals surface area contributed by atoms with Gasteiger partial charge >= 0.3 is 0 Å². The molecule has 0 amide bonds. The summed E-state index contributed by atoms with van der Waals surface area (Å²) >= 11 is 0. The fourth-order valence-corrected chi connectivity index (χ4v) is 1.59. The van der Waals surface area contributed by atoms with Crippen molar-refractivity contribution in [2.75, 3.05) is 0 Å². The Bertz CT molecular complexity index is 269. The first-order valence-corrected chi connectivity index (χ1v) is 5.01. The van der Waals surface area contributed by atoms with Crippen LogP contribution in [0.5, 0.6) is 0 Å². The summed E-state index contributed by atoms with van der Waals surface area (Å²) in [4.78, 5) is 0. The van der Waals surface area contributed by atoms with Gasteiger partial charge in [0.05, 0.1) is 0 Å². The summed E-state index contributed by atoms with van der Waals surface area (Å²) in [7, 11) is 0. The van der Waals surface area contributed by atoms with Gasteiger partial charge in [-0.15, -0.1) is 0 Å². The van der Waals surface area contributed by atoms with Crippen LogP contribution in [0.3, 0.4) is 0 Å². The molecule has 0 aromatic heterocycles. The lowest BCUT2D eigenvalue weighted by Crippen LogP contribution is -1.96. The van der Waals surface area contributed by atoms with Gasteiger partial charge in [0.15, 0.2) is 0 Å². The number of hydrogen-bond acceptors (Lipinski definition) is 0. The van der Waals surface area contributed by atoms with Crippen LogP contribution in [0.2, 0.25) is 0 Å². The average Bonchev–Trinajstić information content (AvgIpc) is 2.20. The van der Waals surface area contributed by atoms with Gasteiger partial charge in [0.1, 0.15) is 0 Å². The third-order valence-electron chi connectivity index (χ3n) is 2.56. The van der Waals surface area contributed by atoms with Crippen LogP contribution >= 0.6 is 0 Å². The van der Waals surface area contributed by atoms with Crippen LogP contribution in [0.25, 0.3) is 5.57 Å². The van der Waals surface area contributed by atoms with Crippen molar-refractivity contribution in [3.8, 4) is 0 Å². The largest absolute Gasteiger partial charge is 0.0836 e. The van der Waals surface area contributed by atoms with Crippen molar-refractivity contribution in [1.29, 1.82) is 0 Å². The number of hydrogen-bond donors (Lipinski definition) is 0. The van der Waals surface area contributed by atoms with Crippen molar-refractivity contribution in [2.24, 2.45) is 5.92 Å². The molecule has 1 aromatic rings. The van der Waals surface area contributed by atoms with Gasteiger partial charge in [0.2, 0.25) is 0 Å². The monoisotopic (exact) mass is 174 g/mol. The Labute approximate surface area is 81.3 Å². The van der Waals surface area contributed by atoms with Crippen molar-refractivity contribution in [3.05, 3.63) is 42.0 Å².